The Bertz CT molecular complexity index is 1170. The largest absolute Gasteiger partial charge is 0.481 e. The van der Waals surface area contributed by atoms with E-state index in [0.29, 0.717) is 25.7 Å². The molecule has 3 unspecified atom stereocenters. The molecule has 3 atom stereocenters. The fourth-order valence-electron chi connectivity index (χ4n) is 4.47. The Morgan fingerprint density at radius 3 is 2.51 bits per heavy atom. The predicted octanol–water partition coefficient (Wildman–Crippen LogP) is -0.518. The number of benzene rings is 1. The maximum atomic E-state index is 14.6. The first-order valence-electron chi connectivity index (χ1n) is 11.9. The number of carbonyl (C=O) groups excluding carboxylic acids is 3. The fourth-order valence-corrected chi connectivity index (χ4v) is 4.47. The molecule has 2 aliphatic rings. The van der Waals surface area contributed by atoms with Crippen molar-refractivity contribution in [3.05, 3.63) is 48.3 Å². The minimum atomic E-state index is -2.09. The van der Waals surface area contributed by atoms with E-state index in [9.17, 15) is 33.6 Å². The second kappa shape index (κ2) is 11.1. The minimum Gasteiger partial charge on any atom is -0.481 e. The Hall–Kier alpha value is -3.78. The molecule has 0 spiro atoms. The highest BCUT2D eigenvalue weighted by Crippen LogP contribution is 2.35. The van der Waals surface area contributed by atoms with Crippen molar-refractivity contribution in [3.63, 3.8) is 0 Å². The van der Waals surface area contributed by atoms with Crippen LogP contribution < -0.4 is 10.6 Å². The number of nitrogens with one attached hydrogen (secondary N) is 2. The van der Waals surface area contributed by atoms with Gasteiger partial charge in [-0.25, -0.2) is 9.37 Å². The van der Waals surface area contributed by atoms with Gasteiger partial charge in [-0.2, -0.15) is 0 Å². The second-order valence-corrected chi connectivity index (χ2v) is 9.24. The number of aliphatic carboxylic acids is 1. The first-order chi connectivity index (χ1) is 17.7. The maximum Gasteiger partial charge on any atom is 0.476 e. The molecular formula is C23H27BFN5O7. The number of amides is 3. The number of nitrogens with zero attached hydrogens (tertiary/aromatic N) is 3. The minimum absolute atomic E-state index is 0.0315. The van der Waals surface area contributed by atoms with Crippen molar-refractivity contribution in [2.45, 2.75) is 50.1 Å². The zero-order chi connectivity index (χ0) is 26.7. The zero-order valence-corrected chi connectivity index (χ0v) is 19.8. The average Bonchev–Trinajstić information content (AvgIpc) is 3.32. The molecular weight excluding hydrogens is 488 g/mol. The van der Waals surface area contributed by atoms with Gasteiger partial charge in [-0.1, -0.05) is 0 Å². The van der Waals surface area contributed by atoms with Crippen LogP contribution in [0.5, 0.6) is 0 Å². The molecule has 12 nitrogen and oxygen atoms in total. The molecule has 1 aliphatic heterocycles. The van der Waals surface area contributed by atoms with Crippen molar-refractivity contribution in [1.82, 2.24) is 25.1 Å². The first-order valence-corrected chi connectivity index (χ1v) is 11.9. The van der Waals surface area contributed by atoms with E-state index in [1.807, 2.05) is 0 Å². The summed E-state index contributed by atoms with van der Waals surface area (Å²) in [7, 11) is -2.09. The average molecular weight is 515 g/mol. The molecule has 2 fully saturated rings. The Balaban J connectivity index is 1.45. The van der Waals surface area contributed by atoms with Gasteiger partial charge in [0, 0.05) is 24.5 Å². The molecule has 14 heteroatoms. The standard InChI is InChI=1S/C23H27BFN5O7/c25-15-10-14(5-6-16(15)29-9-7-26-12-29)21(33)28-20(13-3-4-13)23(35)30-8-1-2-17(30)22(34)27-18(24(36)37)11-19(31)32/h5-7,9-10,12-13,17-18,20,36-37H,1-4,8,11H2,(H,27,34)(H,28,33)(H,31,32). The quantitative estimate of drug-likeness (QED) is 0.263. The van der Waals surface area contributed by atoms with E-state index >= 15 is 0 Å². The highest BCUT2D eigenvalue weighted by Gasteiger charge is 2.44. The van der Waals surface area contributed by atoms with Crippen molar-refractivity contribution >= 4 is 30.8 Å². The number of hydrogen-bond acceptors (Lipinski definition) is 7. The molecule has 1 aromatic carbocycles. The highest BCUT2D eigenvalue weighted by molar-refractivity contribution is 6.44. The summed E-state index contributed by atoms with van der Waals surface area (Å²) in [6, 6.07) is 2.08. The third-order valence-electron chi connectivity index (χ3n) is 6.56. The molecule has 37 heavy (non-hydrogen) atoms. The van der Waals surface area contributed by atoms with Gasteiger partial charge in [0.15, 0.2) is 0 Å². The highest BCUT2D eigenvalue weighted by atomic mass is 19.1. The van der Waals surface area contributed by atoms with Gasteiger partial charge in [0.1, 0.15) is 17.9 Å². The second-order valence-electron chi connectivity index (χ2n) is 9.24. The monoisotopic (exact) mass is 515 g/mol. The van der Waals surface area contributed by atoms with Crippen LogP contribution in [0.15, 0.2) is 36.9 Å². The number of likely N-dealkylation sites (tertiary alicyclic amines) is 1. The van der Waals surface area contributed by atoms with Gasteiger partial charge in [0.25, 0.3) is 5.91 Å². The summed E-state index contributed by atoms with van der Waals surface area (Å²) in [6.07, 6.45) is 5.98. The van der Waals surface area contributed by atoms with Crippen molar-refractivity contribution in [1.29, 1.82) is 0 Å². The van der Waals surface area contributed by atoms with E-state index in [1.165, 1.54) is 34.1 Å². The lowest BCUT2D eigenvalue weighted by atomic mass is 9.77. The van der Waals surface area contributed by atoms with E-state index in [1.54, 1.807) is 6.20 Å². The number of aromatic nitrogens is 2. The lowest BCUT2D eigenvalue weighted by molar-refractivity contribution is -0.141. The molecule has 4 rings (SSSR count). The molecule has 0 bridgehead atoms. The number of imidazole rings is 1. The van der Waals surface area contributed by atoms with Gasteiger partial charge < -0.3 is 35.3 Å². The number of carboxylic acid groups (broad SMARTS) is 1. The van der Waals surface area contributed by atoms with Crippen LogP contribution in [0, 0.1) is 11.7 Å². The SMILES string of the molecule is O=C(O)CC(NC(=O)C1CCCN1C(=O)C(NC(=O)c1ccc(-n2ccnc2)c(F)c1)C1CC1)B(O)O. The number of carbonyl (C=O) groups is 4. The molecule has 196 valence electrons. The first kappa shape index (κ1) is 26.3. The van der Waals surface area contributed by atoms with Crippen LogP contribution in [-0.2, 0) is 14.4 Å². The number of carboxylic acids is 1. The van der Waals surface area contributed by atoms with E-state index in [-0.39, 0.29) is 23.7 Å². The lowest BCUT2D eigenvalue weighted by Crippen LogP contribution is -2.57. The van der Waals surface area contributed by atoms with Gasteiger partial charge in [-0.3, -0.25) is 19.2 Å². The Labute approximate surface area is 211 Å². The van der Waals surface area contributed by atoms with Gasteiger partial charge in [0.2, 0.25) is 11.8 Å². The van der Waals surface area contributed by atoms with E-state index in [0.717, 1.165) is 6.07 Å². The topological polar surface area (TPSA) is 174 Å². The molecule has 2 heterocycles. The van der Waals surface area contributed by atoms with Crippen molar-refractivity contribution in [2.24, 2.45) is 5.92 Å². The van der Waals surface area contributed by atoms with Crippen molar-refractivity contribution in [3.8, 4) is 5.69 Å². The summed E-state index contributed by atoms with van der Waals surface area (Å²) >= 11 is 0. The Kier molecular flexibility index (Phi) is 7.88. The summed E-state index contributed by atoms with van der Waals surface area (Å²) in [5.74, 6) is -5.35. The van der Waals surface area contributed by atoms with Gasteiger partial charge in [-0.05, 0) is 49.8 Å². The number of hydrogen-bond donors (Lipinski definition) is 5. The number of rotatable bonds is 10. The maximum absolute atomic E-state index is 14.6. The Morgan fingerprint density at radius 1 is 1.16 bits per heavy atom. The third-order valence-corrected chi connectivity index (χ3v) is 6.56. The molecule has 2 aromatic rings. The summed E-state index contributed by atoms with van der Waals surface area (Å²) in [5.41, 5.74) is 0.243. The van der Waals surface area contributed by atoms with Crippen LogP contribution in [0.4, 0.5) is 4.39 Å². The third kappa shape index (κ3) is 6.14. The van der Waals surface area contributed by atoms with E-state index < -0.39 is 61.1 Å². The molecule has 1 saturated heterocycles. The van der Waals surface area contributed by atoms with Gasteiger partial charge >= 0.3 is 13.1 Å². The number of halogens is 1. The summed E-state index contributed by atoms with van der Waals surface area (Å²) in [5, 5.41) is 32.8. The smallest absolute Gasteiger partial charge is 0.476 e. The molecule has 0 radical (unpaired) electrons. The zero-order valence-electron chi connectivity index (χ0n) is 19.8. The lowest BCUT2D eigenvalue weighted by Gasteiger charge is -2.29. The van der Waals surface area contributed by atoms with Crippen LogP contribution in [-0.4, -0.2) is 85.0 Å². The predicted molar refractivity (Wildman–Crippen MR) is 127 cm³/mol. The summed E-state index contributed by atoms with van der Waals surface area (Å²) in [4.78, 5) is 55.4. The summed E-state index contributed by atoms with van der Waals surface area (Å²) < 4.78 is 16.1. The fraction of sp³-hybridized carbons (Fsp3) is 0.435. The molecule has 1 saturated carbocycles. The summed E-state index contributed by atoms with van der Waals surface area (Å²) in [6.45, 7) is 0.246. The van der Waals surface area contributed by atoms with Crippen LogP contribution in [0.25, 0.3) is 5.69 Å². The van der Waals surface area contributed by atoms with Crippen LogP contribution in [0.3, 0.4) is 0 Å². The van der Waals surface area contributed by atoms with Crippen LogP contribution in [0.1, 0.15) is 42.5 Å². The Morgan fingerprint density at radius 2 is 1.92 bits per heavy atom. The molecule has 5 N–H and O–H groups in total. The molecule has 1 aliphatic carbocycles. The van der Waals surface area contributed by atoms with Gasteiger partial charge in [0.05, 0.1) is 24.4 Å². The van der Waals surface area contributed by atoms with Gasteiger partial charge in [-0.15, -0.1) is 0 Å². The normalized spacial score (nSPS) is 18.7. The van der Waals surface area contributed by atoms with E-state index in [2.05, 4.69) is 15.6 Å². The van der Waals surface area contributed by atoms with Crippen LogP contribution >= 0.6 is 0 Å². The van der Waals surface area contributed by atoms with Crippen molar-refractivity contribution < 1.29 is 38.7 Å². The molecule has 3 amide bonds. The van der Waals surface area contributed by atoms with Crippen LogP contribution in [0.2, 0.25) is 0 Å². The molecule has 1 aromatic heterocycles. The van der Waals surface area contributed by atoms with Crippen molar-refractivity contribution in [2.75, 3.05) is 6.54 Å². The van der Waals surface area contributed by atoms with E-state index in [4.69, 9.17) is 5.11 Å².